The van der Waals surface area contributed by atoms with Crippen molar-refractivity contribution in [3.05, 3.63) is 90.0 Å². The highest BCUT2D eigenvalue weighted by Crippen LogP contribution is 2.26. The second-order valence-corrected chi connectivity index (χ2v) is 9.88. The Kier molecular flexibility index (Phi) is 7.54. The Morgan fingerprint density at radius 3 is 2.35 bits per heavy atom. The number of piperidine rings is 1. The molecule has 1 aliphatic rings. The van der Waals surface area contributed by atoms with Crippen molar-refractivity contribution in [1.29, 1.82) is 0 Å². The van der Waals surface area contributed by atoms with Crippen molar-refractivity contribution in [2.24, 2.45) is 5.92 Å². The van der Waals surface area contributed by atoms with E-state index in [-0.39, 0.29) is 30.6 Å². The fourth-order valence-corrected chi connectivity index (χ4v) is 5.25. The number of nitrogens with zero attached hydrogens (tertiary/aromatic N) is 2. The zero-order chi connectivity index (χ0) is 24.0. The van der Waals surface area contributed by atoms with Gasteiger partial charge in [0.1, 0.15) is 29.7 Å². The third kappa shape index (κ3) is 5.78. The van der Waals surface area contributed by atoms with Crippen molar-refractivity contribution in [1.82, 2.24) is 9.29 Å². The van der Waals surface area contributed by atoms with Crippen LogP contribution >= 0.6 is 0 Å². The van der Waals surface area contributed by atoms with Crippen LogP contribution in [-0.2, 0) is 32.8 Å². The zero-order valence-corrected chi connectivity index (χ0v) is 19.3. The first kappa shape index (κ1) is 23.8. The normalized spacial score (nSPS) is 15.1. The smallest absolute Gasteiger partial charge is 0.309 e. The third-order valence-electron chi connectivity index (χ3n) is 5.66. The predicted octanol–water partition coefficient (Wildman–Crippen LogP) is 3.94. The van der Waals surface area contributed by atoms with Crippen molar-refractivity contribution >= 4 is 16.0 Å². The molecule has 1 saturated heterocycles. The maximum atomic E-state index is 14.0. The van der Waals surface area contributed by atoms with Crippen LogP contribution in [-0.4, -0.2) is 36.8 Å². The number of halogens is 1. The van der Waals surface area contributed by atoms with Crippen molar-refractivity contribution in [2.45, 2.75) is 31.0 Å². The molecule has 1 aliphatic heterocycles. The Morgan fingerprint density at radius 1 is 0.971 bits per heavy atom. The number of aromatic nitrogens is 1. The van der Waals surface area contributed by atoms with Gasteiger partial charge in [0.05, 0.1) is 11.6 Å². The lowest BCUT2D eigenvalue weighted by Gasteiger charge is -2.30. The van der Waals surface area contributed by atoms with E-state index in [0.717, 1.165) is 17.3 Å². The Bertz CT molecular complexity index is 1210. The first-order valence-corrected chi connectivity index (χ1v) is 12.4. The highest BCUT2D eigenvalue weighted by atomic mass is 32.2. The third-order valence-corrected chi connectivity index (χ3v) is 7.59. The Morgan fingerprint density at radius 2 is 1.68 bits per heavy atom. The van der Waals surface area contributed by atoms with E-state index < -0.39 is 21.8 Å². The number of ether oxygens (including phenoxy) is 2. The molecule has 7 nitrogen and oxygen atoms in total. The Balaban J connectivity index is 1.24. The van der Waals surface area contributed by atoms with Gasteiger partial charge in [0, 0.05) is 19.3 Å². The summed E-state index contributed by atoms with van der Waals surface area (Å²) < 4.78 is 51.7. The summed E-state index contributed by atoms with van der Waals surface area (Å²) in [5.74, 6) is -0.854. The van der Waals surface area contributed by atoms with E-state index in [1.54, 1.807) is 18.3 Å². The van der Waals surface area contributed by atoms with Crippen LogP contribution < -0.4 is 4.74 Å². The molecule has 4 rings (SSSR count). The molecule has 0 bridgehead atoms. The number of benzene rings is 2. The molecule has 2 aromatic carbocycles. The SMILES string of the molecule is O=C(OCc1ccc(OCc2ccccn2)cc1)C1CCN(S(=O)(=O)c2ccccc2F)CC1. The fourth-order valence-electron chi connectivity index (χ4n) is 3.72. The van der Waals surface area contributed by atoms with E-state index in [2.05, 4.69) is 4.98 Å². The molecule has 1 fully saturated rings. The summed E-state index contributed by atoms with van der Waals surface area (Å²) in [7, 11) is -3.93. The maximum absolute atomic E-state index is 14.0. The molecule has 178 valence electrons. The molecule has 1 aromatic heterocycles. The minimum absolute atomic E-state index is 0.118. The number of hydrogen-bond acceptors (Lipinski definition) is 6. The van der Waals surface area contributed by atoms with Gasteiger partial charge in [0.2, 0.25) is 10.0 Å². The van der Waals surface area contributed by atoms with Gasteiger partial charge in [-0.2, -0.15) is 4.31 Å². The van der Waals surface area contributed by atoms with Crippen LogP contribution in [0.15, 0.2) is 77.8 Å². The van der Waals surface area contributed by atoms with Gasteiger partial charge in [-0.05, 0) is 54.8 Å². The van der Waals surface area contributed by atoms with Crippen molar-refractivity contribution < 1.29 is 27.1 Å². The lowest BCUT2D eigenvalue weighted by Crippen LogP contribution is -2.40. The number of carbonyl (C=O) groups excluding carboxylic acids is 1. The summed E-state index contributed by atoms with van der Waals surface area (Å²) in [4.78, 5) is 16.4. The Hall–Kier alpha value is -3.30. The standard InChI is InChI=1S/C25H25FN2O5S/c26-23-6-1-2-7-24(23)34(30,31)28-15-12-20(13-16-28)25(29)33-17-19-8-10-22(11-9-19)32-18-21-5-3-4-14-27-21/h1-11,14,20H,12-13,15-18H2. The molecule has 0 spiro atoms. The van der Waals surface area contributed by atoms with Crippen molar-refractivity contribution in [3.8, 4) is 5.75 Å². The summed E-state index contributed by atoms with van der Waals surface area (Å²) >= 11 is 0. The quantitative estimate of drug-likeness (QED) is 0.450. The average Bonchev–Trinajstić information content (AvgIpc) is 2.87. The number of esters is 1. The summed E-state index contributed by atoms with van der Waals surface area (Å²) in [6.45, 7) is 0.755. The second-order valence-electron chi connectivity index (χ2n) is 7.97. The topological polar surface area (TPSA) is 85.8 Å². The lowest BCUT2D eigenvalue weighted by atomic mass is 9.98. The largest absolute Gasteiger partial charge is 0.487 e. The summed E-state index contributed by atoms with van der Waals surface area (Å²) in [5, 5.41) is 0. The maximum Gasteiger partial charge on any atom is 0.309 e. The molecule has 0 amide bonds. The Labute approximate surface area is 198 Å². The number of pyridine rings is 1. The number of sulfonamides is 1. The molecule has 34 heavy (non-hydrogen) atoms. The van der Waals surface area contributed by atoms with E-state index in [0.29, 0.717) is 25.2 Å². The van der Waals surface area contributed by atoms with Crippen LogP contribution in [0.1, 0.15) is 24.1 Å². The van der Waals surface area contributed by atoms with E-state index in [9.17, 15) is 17.6 Å². The molecule has 0 N–H and O–H groups in total. The number of hydrogen-bond donors (Lipinski definition) is 0. The van der Waals surface area contributed by atoms with Gasteiger partial charge in [0.25, 0.3) is 0 Å². The fraction of sp³-hybridized carbons (Fsp3) is 0.280. The minimum Gasteiger partial charge on any atom is -0.487 e. The van der Waals surface area contributed by atoms with E-state index in [1.165, 1.54) is 22.5 Å². The first-order chi connectivity index (χ1) is 16.4. The van der Waals surface area contributed by atoms with Gasteiger partial charge in [0.15, 0.2) is 0 Å². The molecule has 0 radical (unpaired) electrons. The second kappa shape index (κ2) is 10.8. The van der Waals surface area contributed by atoms with Crippen LogP contribution in [0.2, 0.25) is 0 Å². The van der Waals surface area contributed by atoms with Gasteiger partial charge < -0.3 is 9.47 Å². The average molecular weight is 485 g/mol. The number of carbonyl (C=O) groups is 1. The van der Waals surface area contributed by atoms with Gasteiger partial charge in [-0.3, -0.25) is 9.78 Å². The highest BCUT2D eigenvalue weighted by molar-refractivity contribution is 7.89. The first-order valence-electron chi connectivity index (χ1n) is 11.0. The minimum atomic E-state index is -3.93. The highest BCUT2D eigenvalue weighted by Gasteiger charge is 2.34. The van der Waals surface area contributed by atoms with Crippen LogP contribution in [0.3, 0.4) is 0 Å². The summed E-state index contributed by atoms with van der Waals surface area (Å²) in [5.41, 5.74) is 1.64. The van der Waals surface area contributed by atoms with Crippen LogP contribution in [0.25, 0.3) is 0 Å². The molecule has 9 heteroatoms. The van der Waals surface area contributed by atoms with E-state index in [1.807, 2.05) is 30.3 Å². The monoisotopic (exact) mass is 484 g/mol. The summed E-state index contributed by atoms with van der Waals surface area (Å²) in [6.07, 6.45) is 2.36. The molecular weight excluding hydrogens is 459 g/mol. The molecule has 0 aliphatic carbocycles. The van der Waals surface area contributed by atoms with Crippen LogP contribution in [0, 0.1) is 11.7 Å². The van der Waals surface area contributed by atoms with E-state index >= 15 is 0 Å². The van der Waals surface area contributed by atoms with Gasteiger partial charge in [-0.15, -0.1) is 0 Å². The zero-order valence-electron chi connectivity index (χ0n) is 18.5. The van der Waals surface area contributed by atoms with Crippen molar-refractivity contribution in [2.75, 3.05) is 13.1 Å². The molecule has 3 aromatic rings. The van der Waals surface area contributed by atoms with E-state index in [4.69, 9.17) is 9.47 Å². The van der Waals surface area contributed by atoms with Gasteiger partial charge in [-0.1, -0.05) is 30.3 Å². The number of rotatable bonds is 8. The molecule has 2 heterocycles. The van der Waals surface area contributed by atoms with Gasteiger partial charge >= 0.3 is 5.97 Å². The molecule has 0 saturated carbocycles. The molecular formula is C25H25FN2O5S. The summed E-state index contributed by atoms with van der Waals surface area (Å²) in [6, 6.07) is 18.2. The van der Waals surface area contributed by atoms with Crippen LogP contribution in [0.5, 0.6) is 5.75 Å². The van der Waals surface area contributed by atoms with Crippen molar-refractivity contribution in [3.63, 3.8) is 0 Å². The molecule has 0 unspecified atom stereocenters. The van der Waals surface area contributed by atoms with Gasteiger partial charge in [-0.25, -0.2) is 12.8 Å². The van der Waals surface area contributed by atoms with Crippen LogP contribution in [0.4, 0.5) is 4.39 Å². The lowest BCUT2D eigenvalue weighted by molar-refractivity contribution is -0.151. The molecule has 0 atom stereocenters. The predicted molar refractivity (Wildman–Crippen MR) is 123 cm³/mol.